The number of nitrogens with zero attached hydrogens (tertiary/aromatic N) is 1. The number of ether oxygens (including phenoxy) is 1. The molecule has 1 heterocycles. The first-order chi connectivity index (χ1) is 20.7. The van der Waals surface area contributed by atoms with Crippen LogP contribution in [0.3, 0.4) is 0 Å². The van der Waals surface area contributed by atoms with E-state index in [1.54, 1.807) is 0 Å². The summed E-state index contributed by atoms with van der Waals surface area (Å²) in [6, 6.07) is 18.7. The van der Waals surface area contributed by atoms with Crippen molar-refractivity contribution in [1.82, 2.24) is 4.90 Å². The van der Waals surface area contributed by atoms with Gasteiger partial charge < -0.3 is 15.4 Å². The Hall–Kier alpha value is -3.40. The number of ketones is 1. The van der Waals surface area contributed by atoms with Crippen molar-refractivity contribution >= 4 is 44.7 Å². The predicted molar refractivity (Wildman–Crippen MR) is 167 cm³/mol. The molecule has 5 rings (SSSR count). The smallest absolute Gasteiger partial charge is 0.454 e. The number of halogens is 4. The Morgan fingerprint density at radius 3 is 2.26 bits per heavy atom. The molecule has 1 aromatic heterocycles. The first kappa shape index (κ1) is 32.5. The summed E-state index contributed by atoms with van der Waals surface area (Å²) in [6.45, 7) is 2.61. The van der Waals surface area contributed by atoms with Crippen molar-refractivity contribution in [3.05, 3.63) is 87.8 Å². The fourth-order valence-corrected chi connectivity index (χ4v) is 6.85. The molecule has 0 atom stereocenters. The molecule has 4 aromatic rings. The third-order valence-electron chi connectivity index (χ3n) is 7.44. The van der Waals surface area contributed by atoms with E-state index in [1.165, 1.54) is 42.6 Å². The molecular formula is C33H34ClF3N2O3S. The van der Waals surface area contributed by atoms with E-state index < -0.39 is 17.5 Å². The van der Waals surface area contributed by atoms with Crippen molar-refractivity contribution < 1.29 is 27.5 Å². The number of thiophene rings is 1. The van der Waals surface area contributed by atoms with Gasteiger partial charge >= 0.3 is 6.18 Å². The summed E-state index contributed by atoms with van der Waals surface area (Å²) < 4.78 is 45.5. The highest BCUT2D eigenvalue weighted by Crippen LogP contribution is 2.38. The van der Waals surface area contributed by atoms with E-state index in [2.05, 4.69) is 5.73 Å². The number of carbonyl (C=O) groups excluding carboxylic acids is 2. The number of amides is 1. The van der Waals surface area contributed by atoms with Crippen LogP contribution < -0.4 is 10.5 Å². The van der Waals surface area contributed by atoms with Gasteiger partial charge in [-0.15, -0.1) is 11.3 Å². The van der Waals surface area contributed by atoms with Crippen LogP contribution in [0.15, 0.2) is 66.7 Å². The van der Waals surface area contributed by atoms with Crippen molar-refractivity contribution in [2.75, 3.05) is 13.7 Å². The van der Waals surface area contributed by atoms with Gasteiger partial charge in [0, 0.05) is 33.8 Å². The average Bonchev–Trinajstić information content (AvgIpc) is 3.37. The summed E-state index contributed by atoms with van der Waals surface area (Å²) in [7, 11) is 1.50. The largest absolute Gasteiger partial charge is 0.494 e. The van der Waals surface area contributed by atoms with Gasteiger partial charge in [-0.05, 0) is 56.1 Å². The quantitative estimate of drug-likeness (QED) is 0.197. The Kier molecular flexibility index (Phi) is 10.9. The fourth-order valence-electron chi connectivity index (χ4n) is 5.38. The first-order valence-electron chi connectivity index (χ1n) is 14.2. The normalized spacial score (nSPS) is 13.7. The third kappa shape index (κ3) is 7.40. The lowest BCUT2D eigenvalue weighted by Gasteiger charge is -2.35. The third-order valence-corrected chi connectivity index (χ3v) is 9.11. The molecule has 0 unspecified atom stereocenters. The Balaban J connectivity index is 0.00000207. The van der Waals surface area contributed by atoms with E-state index in [1.807, 2.05) is 54.3 Å². The van der Waals surface area contributed by atoms with Gasteiger partial charge in [0.15, 0.2) is 0 Å². The van der Waals surface area contributed by atoms with Crippen LogP contribution in [-0.2, 0) is 6.54 Å². The summed E-state index contributed by atoms with van der Waals surface area (Å²) in [5.41, 5.74) is 6.26. The van der Waals surface area contributed by atoms with E-state index in [-0.39, 0.29) is 11.9 Å². The predicted octanol–water partition coefficient (Wildman–Crippen LogP) is 8.92. The lowest BCUT2D eigenvalue weighted by molar-refractivity contribution is -0.0885. The Labute approximate surface area is 258 Å². The van der Waals surface area contributed by atoms with Gasteiger partial charge in [0.05, 0.1) is 11.6 Å². The highest BCUT2D eigenvalue weighted by Gasteiger charge is 2.39. The Morgan fingerprint density at radius 1 is 0.977 bits per heavy atom. The molecule has 43 heavy (non-hydrogen) atoms. The van der Waals surface area contributed by atoms with Crippen LogP contribution in [0.1, 0.15) is 64.6 Å². The zero-order valence-corrected chi connectivity index (χ0v) is 25.6. The number of hydrogen-bond donors (Lipinski definition) is 1. The second-order valence-electron chi connectivity index (χ2n) is 10.1. The minimum absolute atomic E-state index is 0.0447. The molecule has 5 nitrogen and oxygen atoms in total. The summed E-state index contributed by atoms with van der Waals surface area (Å²) in [5.74, 6) is -1.36. The number of fused-ring (bicyclic) bond motifs is 1. The zero-order valence-electron chi connectivity index (χ0n) is 24.0. The molecule has 1 aliphatic carbocycles. The molecule has 0 aliphatic heterocycles. The first-order valence-corrected chi connectivity index (χ1v) is 15.4. The highest BCUT2D eigenvalue weighted by atomic mass is 35.5. The van der Waals surface area contributed by atoms with Crippen molar-refractivity contribution in [1.29, 1.82) is 0 Å². The van der Waals surface area contributed by atoms with Crippen LogP contribution in [0.2, 0.25) is 5.02 Å². The molecule has 0 radical (unpaired) electrons. The van der Waals surface area contributed by atoms with E-state index in [4.69, 9.17) is 16.3 Å². The molecule has 1 fully saturated rings. The van der Waals surface area contributed by atoms with Crippen molar-refractivity contribution in [2.45, 2.75) is 57.8 Å². The van der Waals surface area contributed by atoms with Crippen LogP contribution in [0, 0.1) is 0 Å². The van der Waals surface area contributed by atoms with Crippen LogP contribution in [0.4, 0.5) is 13.2 Å². The van der Waals surface area contributed by atoms with Crippen molar-refractivity contribution in [3.63, 3.8) is 0 Å². The number of nitrogens with two attached hydrogens (primary N) is 1. The van der Waals surface area contributed by atoms with E-state index in [0.717, 1.165) is 53.3 Å². The number of hydrogen-bond acceptors (Lipinski definition) is 5. The molecule has 10 heteroatoms. The maximum Gasteiger partial charge on any atom is 0.454 e. The summed E-state index contributed by atoms with van der Waals surface area (Å²) in [6.07, 6.45) is 0.0695. The topological polar surface area (TPSA) is 72.6 Å². The van der Waals surface area contributed by atoms with Crippen LogP contribution in [-0.4, -0.2) is 42.5 Å². The maximum atomic E-state index is 14.1. The molecular weight excluding hydrogens is 597 g/mol. The molecule has 0 spiro atoms. The number of carbonyl (C=O) groups is 2. The highest BCUT2D eigenvalue weighted by molar-refractivity contribution is 7.21. The summed E-state index contributed by atoms with van der Waals surface area (Å²) in [5, 5.41) is 1.32. The average molecular weight is 631 g/mol. The van der Waals surface area contributed by atoms with Crippen molar-refractivity contribution in [3.8, 4) is 16.9 Å². The second kappa shape index (κ2) is 14.4. The second-order valence-corrected chi connectivity index (χ2v) is 11.6. The summed E-state index contributed by atoms with van der Waals surface area (Å²) in [4.78, 5) is 28.2. The molecule has 3 aromatic carbocycles. The van der Waals surface area contributed by atoms with Gasteiger partial charge in [0.1, 0.15) is 10.6 Å². The number of alkyl halides is 3. The zero-order chi connectivity index (χ0) is 31.1. The minimum atomic E-state index is -4.93. The van der Waals surface area contributed by atoms with Crippen LogP contribution in [0.5, 0.6) is 5.75 Å². The van der Waals surface area contributed by atoms with Gasteiger partial charge in [-0.1, -0.05) is 79.4 Å². The Bertz CT molecular complexity index is 1560. The standard InChI is InChI=1S/C32H29ClF3NO3S.CH5N/c1-2-40-26-17-16-22(20-12-14-21(15-13-20)30(38)32(34,35)36)18-23(26)19-37(24-8-4-3-5-9-24)31(39)29-28(33)25-10-6-7-11-27(25)41-29;1-2/h6-7,10-18,24H,2-5,8-9,19H2,1H3;2H2,1H3. The summed E-state index contributed by atoms with van der Waals surface area (Å²) >= 11 is 8.12. The molecule has 0 saturated heterocycles. The van der Waals surface area contributed by atoms with E-state index in [9.17, 15) is 22.8 Å². The van der Waals surface area contributed by atoms with Crippen molar-refractivity contribution in [2.24, 2.45) is 5.73 Å². The molecule has 228 valence electrons. The lowest BCUT2D eigenvalue weighted by Crippen LogP contribution is -2.40. The molecule has 1 saturated carbocycles. The van der Waals surface area contributed by atoms with Gasteiger partial charge in [-0.25, -0.2) is 0 Å². The lowest BCUT2D eigenvalue weighted by atomic mass is 9.93. The fraction of sp³-hybridized carbons (Fsp3) is 0.333. The minimum Gasteiger partial charge on any atom is -0.494 e. The number of Topliss-reactive ketones (excluding diaryl/α,β-unsaturated/α-hetero) is 1. The molecule has 2 N–H and O–H groups in total. The number of benzene rings is 3. The van der Waals surface area contributed by atoms with Gasteiger partial charge in [0.25, 0.3) is 11.7 Å². The maximum absolute atomic E-state index is 14.1. The SMILES string of the molecule is CCOc1ccc(-c2ccc(C(=O)C(F)(F)F)cc2)cc1CN(C(=O)c1sc2ccccc2c1Cl)C1CCCCC1.CN. The molecule has 1 aliphatic rings. The molecule has 0 bridgehead atoms. The van der Waals surface area contributed by atoms with Gasteiger partial charge in [-0.2, -0.15) is 13.2 Å². The monoisotopic (exact) mass is 630 g/mol. The molecule has 1 amide bonds. The number of rotatable bonds is 8. The Morgan fingerprint density at radius 2 is 1.63 bits per heavy atom. The van der Waals surface area contributed by atoms with Gasteiger partial charge in [0.2, 0.25) is 0 Å². The van der Waals surface area contributed by atoms with E-state index in [0.29, 0.717) is 34.4 Å². The van der Waals surface area contributed by atoms with Gasteiger partial charge in [-0.3, -0.25) is 9.59 Å². The van der Waals surface area contributed by atoms with Crippen LogP contribution in [0.25, 0.3) is 21.2 Å². The van der Waals surface area contributed by atoms with Crippen LogP contribution >= 0.6 is 22.9 Å². The van der Waals surface area contributed by atoms with E-state index >= 15 is 0 Å².